The van der Waals surface area contributed by atoms with Gasteiger partial charge < -0.3 is 14.7 Å². The zero-order valence-electron chi connectivity index (χ0n) is 13.0. The third kappa shape index (κ3) is 2.88. The number of aldehydes is 1. The van der Waals surface area contributed by atoms with Gasteiger partial charge in [-0.25, -0.2) is 4.98 Å². The van der Waals surface area contributed by atoms with E-state index in [1.165, 1.54) is 0 Å². The molecule has 3 aromatic heterocycles. The summed E-state index contributed by atoms with van der Waals surface area (Å²) in [5.74, 6) is 0. The standard InChI is InChI=1S/C18H13ClN4O2/c19-14-1-2-15-11(6-14)5-12(18(25)22-15)8-21-16-9-23-4-3-20-17(23)7-13(16)10-24/h1-7,9-10,21H,8H2,(H,22,25). The fourth-order valence-corrected chi connectivity index (χ4v) is 2.95. The fraction of sp³-hybridized carbons (Fsp3) is 0.0556. The van der Waals surface area contributed by atoms with Crippen molar-refractivity contribution in [3.8, 4) is 0 Å². The fourth-order valence-electron chi connectivity index (χ4n) is 2.77. The van der Waals surface area contributed by atoms with Gasteiger partial charge in [-0.3, -0.25) is 9.59 Å². The molecule has 4 aromatic rings. The Kier molecular flexibility index (Phi) is 3.74. The van der Waals surface area contributed by atoms with Gasteiger partial charge in [-0.05, 0) is 30.3 Å². The summed E-state index contributed by atoms with van der Waals surface area (Å²) >= 11 is 6.01. The molecule has 0 aliphatic rings. The molecule has 0 spiro atoms. The lowest BCUT2D eigenvalue weighted by Crippen LogP contribution is -2.16. The number of H-pyrrole nitrogens is 1. The van der Waals surface area contributed by atoms with Crippen molar-refractivity contribution < 1.29 is 4.79 Å². The minimum absolute atomic E-state index is 0.182. The summed E-state index contributed by atoms with van der Waals surface area (Å²) in [7, 11) is 0. The van der Waals surface area contributed by atoms with Crippen molar-refractivity contribution in [3.05, 3.63) is 75.4 Å². The van der Waals surface area contributed by atoms with Crippen molar-refractivity contribution in [2.45, 2.75) is 6.54 Å². The van der Waals surface area contributed by atoms with Crippen molar-refractivity contribution in [1.82, 2.24) is 14.4 Å². The highest BCUT2D eigenvalue weighted by atomic mass is 35.5. The number of carbonyl (C=O) groups is 1. The number of nitrogens with zero attached hydrogens (tertiary/aromatic N) is 2. The maximum Gasteiger partial charge on any atom is 0.253 e. The molecule has 2 N–H and O–H groups in total. The lowest BCUT2D eigenvalue weighted by atomic mass is 10.1. The number of benzene rings is 1. The van der Waals surface area contributed by atoms with E-state index in [2.05, 4.69) is 15.3 Å². The molecule has 25 heavy (non-hydrogen) atoms. The Hall–Kier alpha value is -3.12. The highest BCUT2D eigenvalue weighted by molar-refractivity contribution is 6.31. The van der Waals surface area contributed by atoms with E-state index in [1.807, 2.05) is 0 Å². The second kappa shape index (κ2) is 6.07. The van der Waals surface area contributed by atoms with Gasteiger partial charge in [0.05, 0.1) is 5.69 Å². The van der Waals surface area contributed by atoms with Gasteiger partial charge in [-0.2, -0.15) is 0 Å². The number of halogens is 1. The van der Waals surface area contributed by atoms with Gasteiger partial charge in [0.25, 0.3) is 5.56 Å². The predicted molar refractivity (Wildman–Crippen MR) is 97.5 cm³/mol. The maximum absolute atomic E-state index is 12.3. The molecule has 0 aliphatic carbocycles. The maximum atomic E-state index is 12.3. The molecule has 4 rings (SSSR count). The summed E-state index contributed by atoms with van der Waals surface area (Å²) in [6.45, 7) is 0.277. The van der Waals surface area contributed by atoms with Crippen molar-refractivity contribution in [1.29, 1.82) is 0 Å². The Morgan fingerprint density at radius 1 is 1.28 bits per heavy atom. The molecule has 3 heterocycles. The zero-order chi connectivity index (χ0) is 17.4. The molecule has 0 radical (unpaired) electrons. The van der Waals surface area contributed by atoms with Gasteiger partial charge in [-0.15, -0.1) is 0 Å². The highest BCUT2D eigenvalue weighted by Gasteiger charge is 2.08. The van der Waals surface area contributed by atoms with Gasteiger partial charge in [0.1, 0.15) is 5.65 Å². The van der Waals surface area contributed by atoms with E-state index in [4.69, 9.17) is 11.6 Å². The van der Waals surface area contributed by atoms with Crippen LogP contribution in [0.25, 0.3) is 16.6 Å². The molecule has 7 heteroatoms. The molecule has 0 fully saturated rings. The van der Waals surface area contributed by atoms with Crippen molar-refractivity contribution in [3.63, 3.8) is 0 Å². The Morgan fingerprint density at radius 3 is 3.00 bits per heavy atom. The number of fused-ring (bicyclic) bond motifs is 2. The smallest absolute Gasteiger partial charge is 0.253 e. The van der Waals surface area contributed by atoms with E-state index in [0.29, 0.717) is 27.5 Å². The van der Waals surface area contributed by atoms with Crippen LogP contribution in [0, 0.1) is 0 Å². The third-order valence-corrected chi connectivity index (χ3v) is 4.28. The highest BCUT2D eigenvalue weighted by Crippen LogP contribution is 2.19. The van der Waals surface area contributed by atoms with Crippen LogP contribution in [0.1, 0.15) is 15.9 Å². The lowest BCUT2D eigenvalue weighted by Gasteiger charge is -2.10. The molecule has 0 saturated heterocycles. The van der Waals surface area contributed by atoms with E-state index in [9.17, 15) is 9.59 Å². The first-order valence-electron chi connectivity index (χ1n) is 7.61. The number of hydrogen-bond acceptors (Lipinski definition) is 4. The summed E-state index contributed by atoms with van der Waals surface area (Å²) in [6.07, 6.45) is 5.99. The quantitative estimate of drug-likeness (QED) is 0.552. The first-order chi connectivity index (χ1) is 12.1. The molecule has 0 saturated carbocycles. The Labute approximate surface area is 147 Å². The lowest BCUT2D eigenvalue weighted by molar-refractivity contribution is 0.112. The summed E-state index contributed by atoms with van der Waals surface area (Å²) in [6, 6.07) is 8.79. The van der Waals surface area contributed by atoms with E-state index in [-0.39, 0.29) is 12.1 Å². The summed E-state index contributed by atoms with van der Waals surface area (Å²) in [4.78, 5) is 30.6. The van der Waals surface area contributed by atoms with Crippen LogP contribution in [0.15, 0.2) is 53.7 Å². The van der Waals surface area contributed by atoms with Crippen molar-refractivity contribution in [2.24, 2.45) is 0 Å². The normalized spacial score (nSPS) is 11.1. The average molecular weight is 353 g/mol. The molecule has 124 valence electrons. The van der Waals surface area contributed by atoms with Crippen LogP contribution in [0.2, 0.25) is 5.02 Å². The van der Waals surface area contributed by atoms with Gasteiger partial charge in [-0.1, -0.05) is 11.6 Å². The number of imidazole rings is 1. The first-order valence-corrected chi connectivity index (χ1v) is 7.99. The van der Waals surface area contributed by atoms with Crippen molar-refractivity contribution in [2.75, 3.05) is 5.32 Å². The topological polar surface area (TPSA) is 79.3 Å². The van der Waals surface area contributed by atoms with Crippen LogP contribution < -0.4 is 10.9 Å². The number of hydrogen-bond donors (Lipinski definition) is 2. The van der Waals surface area contributed by atoms with Gasteiger partial charge in [0.2, 0.25) is 0 Å². The average Bonchev–Trinajstić information content (AvgIpc) is 3.06. The number of pyridine rings is 2. The zero-order valence-corrected chi connectivity index (χ0v) is 13.7. The van der Waals surface area contributed by atoms with E-state index < -0.39 is 0 Å². The molecule has 0 atom stereocenters. The molecular weight excluding hydrogens is 340 g/mol. The Morgan fingerprint density at radius 2 is 2.16 bits per heavy atom. The van der Waals surface area contributed by atoms with Crippen LogP contribution in [0.5, 0.6) is 0 Å². The molecule has 0 unspecified atom stereocenters. The number of rotatable bonds is 4. The second-order valence-electron chi connectivity index (χ2n) is 5.66. The first kappa shape index (κ1) is 15.4. The SMILES string of the molecule is O=Cc1cc2nccn2cc1NCc1cc2cc(Cl)ccc2[nH]c1=O. The molecule has 0 amide bonds. The van der Waals surface area contributed by atoms with Gasteiger partial charge in [0.15, 0.2) is 6.29 Å². The minimum Gasteiger partial charge on any atom is -0.379 e. The molecular formula is C18H13ClN4O2. The summed E-state index contributed by atoms with van der Waals surface area (Å²) in [5.41, 5.74) is 2.90. The summed E-state index contributed by atoms with van der Waals surface area (Å²) in [5, 5.41) is 4.61. The largest absolute Gasteiger partial charge is 0.379 e. The molecule has 1 aromatic carbocycles. The van der Waals surface area contributed by atoms with Crippen LogP contribution >= 0.6 is 11.6 Å². The number of nitrogens with one attached hydrogen (secondary N) is 2. The number of aromatic amines is 1. The van der Waals surface area contributed by atoms with Gasteiger partial charge in [0, 0.05) is 52.2 Å². The molecule has 0 bridgehead atoms. The molecule has 0 aliphatic heterocycles. The summed E-state index contributed by atoms with van der Waals surface area (Å²) < 4.78 is 1.81. The Balaban J connectivity index is 1.69. The monoisotopic (exact) mass is 352 g/mol. The minimum atomic E-state index is -0.182. The second-order valence-corrected chi connectivity index (χ2v) is 6.10. The van der Waals surface area contributed by atoms with Crippen LogP contribution in [0.3, 0.4) is 0 Å². The van der Waals surface area contributed by atoms with E-state index in [0.717, 1.165) is 17.2 Å². The predicted octanol–water partition coefficient (Wildman–Crippen LogP) is 3.25. The molecule has 6 nitrogen and oxygen atoms in total. The van der Waals surface area contributed by atoms with Gasteiger partial charge >= 0.3 is 0 Å². The Bertz CT molecular complexity index is 1160. The van der Waals surface area contributed by atoms with Crippen LogP contribution in [0.4, 0.5) is 5.69 Å². The van der Waals surface area contributed by atoms with Crippen molar-refractivity contribution >= 4 is 40.1 Å². The number of carbonyl (C=O) groups excluding carboxylic acids is 1. The van der Waals surface area contributed by atoms with Crippen LogP contribution in [-0.2, 0) is 6.54 Å². The number of aromatic nitrogens is 3. The van der Waals surface area contributed by atoms with Crippen LogP contribution in [-0.4, -0.2) is 20.7 Å². The van der Waals surface area contributed by atoms with E-state index >= 15 is 0 Å². The third-order valence-electron chi connectivity index (χ3n) is 4.04. The van der Waals surface area contributed by atoms with E-state index in [1.54, 1.807) is 53.3 Å². The number of anilines is 1.